The molecule has 4 aliphatic rings. The van der Waals surface area contributed by atoms with Crippen molar-refractivity contribution in [2.75, 3.05) is 0 Å². The molecule has 30 heavy (non-hydrogen) atoms. The van der Waals surface area contributed by atoms with Gasteiger partial charge in [0.15, 0.2) is 12.4 Å². The molecule has 4 rings (SSSR count). The Kier molecular flexibility index (Phi) is 4.75. The average molecular weight is 422 g/mol. The van der Waals surface area contributed by atoms with Crippen LogP contribution in [0.2, 0.25) is 0 Å². The number of ether oxygens (including phenoxy) is 4. The van der Waals surface area contributed by atoms with Gasteiger partial charge in [-0.25, -0.2) is 4.79 Å². The predicted octanol–water partition coefficient (Wildman–Crippen LogP) is 1.74. The molecule has 0 radical (unpaired) electrons. The largest absolute Gasteiger partial charge is 0.462 e. The number of rotatable bonds is 3. The first-order chi connectivity index (χ1) is 13.9. The van der Waals surface area contributed by atoms with Crippen molar-refractivity contribution in [2.24, 2.45) is 11.3 Å². The van der Waals surface area contributed by atoms with Crippen molar-refractivity contribution < 1.29 is 38.7 Å². The van der Waals surface area contributed by atoms with Gasteiger partial charge < -0.3 is 29.2 Å². The molecule has 1 spiro atoms. The third-order valence-electron chi connectivity index (χ3n) is 7.82. The van der Waals surface area contributed by atoms with Crippen LogP contribution < -0.4 is 0 Å². The number of esters is 2. The summed E-state index contributed by atoms with van der Waals surface area (Å²) in [6, 6.07) is 0. The molecule has 2 saturated carbocycles. The zero-order chi connectivity index (χ0) is 22.2. The molecule has 166 valence electrons. The molecule has 0 aromatic rings. The maximum atomic E-state index is 12.7. The van der Waals surface area contributed by atoms with Crippen LogP contribution in [0.15, 0.2) is 22.8 Å². The lowest BCUT2D eigenvalue weighted by molar-refractivity contribution is -0.304. The first kappa shape index (κ1) is 21.5. The van der Waals surface area contributed by atoms with Crippen LogP contribution in [0, 0.1) is 11.3 Å². The molecule has 8 atom stereocenters. The quantitative estimate of drug-likeness (QED) is 0.306. The number of carbonyl (C=O) groups excluding carboxylic acids is 2. The zero-order valence-corrected chi connectivity index (χ0v) is 18.2. The van der Waals surface area contributed by atoms with Gasteiger partial charge in [0.25, 0.3) is 0 Å². The molecule has 2 N–H and O–H groups in total. The van der Waals surface area contributed by atoms with Gasteiger partial charge in [-0.2, -0.15) is 0 Å². The van der Waals surface area contributed by atoms with Gasteiger partial charge in [0.1, 0.15) is 11.7 Å². The Morgan fingerprint density at radius 1 is 1.23 bits per heavy atom. The number of carbonyl (C=O) groups is 2. The number of hydrogen-bond acceptors (Lipinski definition) is 8. The zero-order valence-electron chi connectivity index (χ0n) is 18.2. The summed E-state index contributed by atoms with van der Waals surface area (Å²) in [5.41, 5.74) is -0.252. The van der Waals surface area contributed by atoms with E-state index in [1.54, 1.807) is 26.8 Å². The fourth-order valence-corrected chi connectivity index (χ4v) is 5.69. The van der Waals surface area contributed by atoms with Crippen LogP contribution in [0.1, 0.15) is 54.4 Å². The molecule has 0 unspecified atom stereocenters. The second-order valence-electron chi connectivity index (χ2n) is 9.25. The molecule has 8 heteroatoms. The number of hydrogen-bond donors (Lipinski definition) is 2. The van der Waals surface area contributed by atoms with E-state index in [2.05, 4.69) is 0 Å². The molecule has 1 saturated heterocycles. The summed E-state index contributed by atoms with van der Waals surface area (Å²) < 4.78 is 23.2. The van der Waals surface area contributed by atoms with Gasteiger partial charge in [-0.1, -0.05) is 19.9 Å². The van der Waals surface area contributed by atoms with Gasteiger partial charge in [-0.3, -0.25) is 4.79 Å². The number of epoxide rings is 1. The van der Waals surface area contributed by atoms with Crippen LogP contribution >= 0.6 is 0 Å². The molecular weight excluding hydrogens is 392 g/mol. The van der Waals surface area contributed by atoms with E-state index < -0.39 is 35.2 Å². The molecule has 2 aliphatic heterocycles. The normalized spacial score (nSPS) is 47.2. The van der Waals surface area contributed by atoms with Gasteiger partial charge in [0.05, 0.1) is 6.10 Å². The van der Waals surface area contributed by atoms with Crippen molar-refractivity contribution in [3.63, 3.8) is 0 Å². The summed E-state index contributed by atoms with van der Waals surface area (Å²) in [5, 5.41) is 21.9. The van der Waals surface area contributed by atoms with E-state index in [4.69, 9.17) is 18.9 Å². The lowest BCUT2D eigenvalue weighted by Gasteiger charge is -2.55. The summed E-state index contributed by atoms with van der Waals surface area (Å²) in [7, 11) is 0. The highest BCUT2D eigenvalue weighted by atomic mass is 16.7. The Morgan fingerprint density at radius 3 is 2.50 bits per heavy atom. The van der Waals surface area contributed by atoms with E-state index in [1.165, 1.54) is 6.92 Å². The molecule has 8 nitrogen and oxygen atoms in total. The molecule has 3 fully saturated rings. The van der Waals surface area contributed by atoms with Gasteiger partial charge in [-0.15, -0.1) is 0 Å². The van der Waals surface area contributed by atoms with Crippen molar-refractivity contribution in [3.05, 3.63) is 22.8 Å². The number of aliphatic hydroxyl groups is 2. The predicted molar refractivity (Wildman–Crippen MR) is 104 cm³/mol. The van der Waals surface area contributed by atoms with Crippen LogP contribution in [0.3, 0.4) is 0 Å². The van der Waals surface area contributed by atoms with Crippen LogP contribution in [0.4, 0.5) is 0 Å². The van der Waals surface area contributed by atoms with Gasteiger partial charge in [-0.05, 0) is 38.3 Å². The fraction of sp³-hybridized carbons (Fsp3) is 0.727. The van der Waals surface area contributed by atoms with E-state index in [9.17, 15) is 19.8 Å². The Balaban J connectivity index is 1.81. The lowest BCUT2D eigenvalue weighted by atomic mass is 9.51. The third-order valence-corrected chi connectivity index (χ3v) is 7.82. The molecule has 0 amide bonds. The Hall–Kier alpha value is -1.74. The molecule has 0 bridgehead atoms. The smallest absolute Gasteiger partial charge is 0.333 e. The average Bonchev–Trinajstić information content (AvgIpc) is 3.35. The number of aliphatic hydroxyl groups excluding tert-OH is 1. The molecule has 0 aromatic heterocycles. The SMILES string of the molecule is C/C=C(/C)C(=O)O[C@@H]1[C@@]23O[C@@H]2C[C@H](OC(C)=O)[C@H](C)[C@@]3(C)CC2=C(C)[C@@H](O)O[C@]21O. The minimum Gasteiger partial charge on any atom is -0.462 e. The highest BCUT2D eigenvalue weighted by Gasteiger charge is 2.84. The first-order valence-electron chi connectivity index (χ1n) is 10.4. The monoisotopic (exact) mass is 422 g/mol. The van der Waals surface area contributed by atoms with Gasteiger partial charge >= 0.3 is 11.9 Å². The molecule has 2 heterocycles. The Morgan fingerprint density at radius 2 is 1.90 bits per heavy atom. The van der Waals surface area contributed by atoms with Crippen molar-refractivity contribution >= 4 is 11.9 Å². The summed E-state index contributed by atoms with van der Waals surface area (Å²) in [6.07, 6.45) is -0.781. The second kappa shape index (κ2) is 6.63. The van der Waals surface area contributed by atoms with Crippen molar-refractivity contribution in [2.45, 2.75) is 90.4 Å². The standard InChI is InChI=1S/C22H30O8/c1-7-10(2)17(24)28-19-21-16(29-21)8-15(27-13(5)23)12(4)20(21,6)9-14-11(3)18(25)30-22(14,19)26/h7,12,15-16,18-19,25-26H,8-9H2,1-6H3/b10-7-/t12-,15-,16+,18-,19+,20+,21-,22+/m0/s1. The number of fused-ring (bicyclic) bond motifs is 1. The summed E-state index contributed by atoms with van der Waals surface area (Å²) in [4.78, 5) is 24.4. The van der Waals surface area contributed by atoms with E-state index in [0.29, 0.717) is 29.6 Å². The van der Waals surface area contributed by atoms with Crippen molar-refractivity contribution in [1.29, 1.82) is 0 Å². The molecule has 0 aromatic carbocycles. The Bertz CT molecular complexity index is 861. The highest BCUT2D eigenvalue weighted by molar-refractivity contribution is 5.88. The fourth-order valence-electron chi connectivity index (χ4n) is 5.69. The van der Waals surface area contributed by atoms with Crippen LogP contribution in [-0.2, 0) is 28.5 Å². The highest BCUT2D eigenvalue weighted by Crippen LogP contribution is 2.71. The van der Waals surface area contributed by atoms with E-state index in [-0.39, 0.29) is 24.1 Å². The first-order valence-corrected chi connectivity index (χ1v) is 10.4. The lowest BCUT2D eigenvalue weighted by Crippen LogP contribution is -2.69. The van der Waals surface area contributed by atoms with E-state index in [0.717, 1.165) is 0 Å². The minimum absolute atomic E-state index is 0.147. The van der Waals surface area contributed by atoms with Crippen LogP contribution in [-0.4, -0.2) is 58.1 Å². The van der Waals surface area contributed by atoms with Crippen LogP contribution in [0.25, 0.3) is 0 Å². The second-order valence-corrected chi connectivity index (χ2v) is 9.25. The summed E-state index contributed by atoms with van der Waals surface area (Å²) in [6.45, 7) is 10.4. The van der Waals surface area contributed by atoms with Crippen molar-refractivity contribution in [1.82, 2.24) is 0 Å². The number of allylic oxidation sites excluding steroid dienone is 1. The summed E-state index contributed by atoms with van der Waals surface area (Å²) in [5.74, 6) is -3.07. The maximum absolute atomic E-state index is 12.7. The molecule has 2 aliphatic carbocycles. The third kappa shape index (κ3) is 2.60. The van der Waals surface area contributed by atoms with Gasteiger partial charge in [0, 0.05) is 30.3 Å². The minimum atomic E-state index is -1.98. The van der Waals surface area contributed by atoms with E-state index in [1.807, 2.05) is 13.8 Å². The topological polar surface area (TPSA) is 115 Å². The maximum Gasteiger partial charge on any atom is 0.333 e. The summed E-state index contributed by atoms with van der Waals surface area (Å²) >= 11 is 0. The van der Waals surface area contributed by atoms with Crippen molar-refractivity contribution in [3.8, 4) is 0 Å². The molecular formula is C22H30O8. The van der Waals surface area contributed by atoms with Crippen LogP contribution in [0.5, 0.6) is 0 Å². The van der Waals surface area contributed by atoms with Gasteiger partial charge in [0.2, 0.25) is 5.79 Å². The van der Waals surface area contributed by atoms with E-state index >= 15 is 0 Å². The Labute approximate surface area is 175 Å².